The van der Waals surface area contributed by atoms with Crippen LogP contribution in [0.1, 0.15) is 0 Å². The van der Waals surface area contributed by atoms with Crippen LogP contribution in [-0.4, -0.2) is 35.6 Å². The molecule has 9 nitrogen and oxygen atoms in total. The highest BCUT2D eigenvalue weighted by molar-refractivity contribution is 7.85. The highest BCUT2D eigenvalue weighted by atomic mass is 32.2. The average Bonchev–Trinajstić information content (AvgIpc) is 1.80. The van der Waals surface area contributed by atoms with Gasteiger partial charge < -0.3 is 9.76 Å². The Balaban J connectivity index is 0. The van der Waals surface area contributed by atoms with E-state index in [1.54, 1.807) is 0 Å². The summed E-state index contributed by atoms with van der Waals surface area (Å²) in [6, 6.07) is 0. The molecule has 0 saturated carbocycles. The molecule has 0 fully saturated rings. The second-order valence-electron chi connectivity index (χ2n) is 1.36. The van der Waals surface area contributed by atoms with Gasteiger partial charge in [-0.3, -0.25) is 0 Å². The predicted octanol–water partition coefficient (Wildman–Crippen LogP) is -0.963. The Morgan fingerprint density at radius 3 is 2.00 bits per heavy atom. The average molecular weight is 199 g/mol. The standard InChI is InChI=1S/C2H4N2O3S.HNO3/c3-4-1-2-8(5,6)7;2-1(3)4/h1-2H2;(H,2,3,4). The van der Waals surface area contributed by atoms with Crippen molar-refractivity contribution >= 4 is 10.1 Å². The van der Waals surface area contributed by atoms with E-state index in [1.807, 2.05) is 0 Å². The lowest BCUT2D eigenvalue weighted by Crippen LogP contribution is -2.05. The van der Waals surface area contributed by atoms with E-state index in [9.17, 15) is 13.0 Å². The Kier molecular flexibility index (Phi) is 6.85. The molecule has 0 aromatic heterocycles. The molecule has 0 atom stereocenters. The maximum absolute atomic E-state index is 9.66. The van der Waals surface area contributed by atoms with Crippen LogP contribution in [0.4, 0.5) is 0 Å². The Morgan fingerprint density at radius 2 is 1.92 bits per heavy atom. The fourth-order valence-corrected chi connectivity index (χ4v) is 0.458. The minimum absolute atomic E-state index is 0.341. The van der Waals surface area contributed by atoms with Crippen molar-refractivity contribution in [2.24, 2.45) is 0 Å². The van der Waals surface area contributed by atoms with Crippen LogP contribution in [0, 0.1) is 15.5 Å². The van der Waals surface area contributed by atoms with E-state index in [-0.39, 0.29) is 6.54 Å². The van der Waals surface area contributed by atoms with E-state index in [4.69, 9.17) is 20.7 Å². The van der Waals surface area contributed by atoms with Crippen molar-refractivity contribution in [1.29, 1.82) is 5.39 Å². The van der Waals surface area contributed by atoms with Gasteiger partial charge in [0.1, 0.15) is 20.8 Å². The van der Waals surface area contributed by atoms with Crippen molar-refractivity contribution in [2.75, 3.05) is 12.3 Å². The van der Waals surface area contributed by atoms with Crippen molar-refractivity contribution in [3.8, 4) is 0 Å². The Morgan fingerprint density at radius 1 is 1.58 bits per heavy atom. The summed E-state index contributed by atoms with van der Waals surface area (Å²) < 4.78 is 29.0. The minimum atomic E-state index is -4.19. The Bertz CT molecular complexity index is 259. The molecule has 0 bridgehead atoms. The van der Waals surface area contributed by atoms with Gasteiger partial charge in [-0.1, -0.05) is 0 Å². The van der Waals surface area contributed by atoms with Gasteiger partial charge in [0.15, 0.2) is 0 Å². The molecule has 0 aliphatic heterocycles. The van der Waals surface area contributed by atoms with Gasteiger partial charge in [-0.05, 0) is 0 Å². The third kappa shape index (κ3) is 38.8. The summed E-state index contributed by atoms with van der Waals surface area (Å²) in [6.45, 7) is -0.341. The van der Waals surface area contributed by atoms with E-state index in [0.29, 0.717) is 0 Å². The summed E-state index contributed by atoms with van der Waals surface area (Å²) in [5, 5.41) is 21.3. The van der Waals surface area contributed by atoms with Gasteiger partial charge in [0.05, 0.1) is 0 Å². The first-order chi connectivity index (χ1) is 5.29. The molecule has 0 saturated heterocycles. The van der Waals surface area contributed by atoms with Crippen molar-refractivity contribution in [3.63, 3.8) is 0 Å². The highest BCUT2D eigenvalue weighted by Gasteiger charge is 1.99. The van der Waals surface area contributed by atoms with E-state index in [0.717, 1.165) is 0 Å². The lowest BCUT2D eigenvalue weighted by atomic mass is 10.8. The largest absolute Gasteiger partial charge is 0.748 e. The van der Waals surface area contributed by atoms with Crippen LogP contribution >= 0.6 is 0 Å². The molecule has 0 aliphatic rings. The van der Waals surface area contributed by atoms with Gasteiger partial charge in [0.2, 0.25) is 5.39 Å². The molecule has 0 spiro atoms. The lowest BCUT2D eigenvalue weighted by molar-refractivity contribution is -0.742. The fourth-order valence-electron chi connectivity index (χ4n) is 0.153. The molecular formula is C2H5N3O6S. The minimum Gasteiger partial charge on any atom is -0.748 e. The molecule has 1 N–H and O–H groups in total. The van der Waals surface area contributed by atoms with Gasteiger partial charge in [0, 0.05) is 0 Å². The maximum atomic E-state index is 9.66. The molecule has 0 radical (unpaired) electrons. The smallest absolute Gasteiger partial charge is 0.318 e. The third-order valence-electron chi connectivity index (χ3n) is 0.441. The molecule has 0 rings (SSSR count). The second kappa shape index (κ2) is 6.25. The van der Waals surface area contributed by atoms with Crippen LogP contribution in [0.2, 0.25) is 0 Å². The summed E-state index contributed by atoms with van der Waals surface area (Å²) in [6.07, 6.45) is 0. The highest BCUT2D eigenvalue weighted by Crippen LogP contribution is 1.79. The van der Waals surface area contributed by atoms with Crippen molar-refractivity contribution in [1.82, 2.24) is 0 Å². The first-order valence-electron chi connectivity index (χ1n) is 2.37. The molecule has 10 heteroatoms. The Labute approximate surface area is 67.1 Å². The van der Waals surface area contributed by atoms with Crippen LogP contribution in [0.3, 0.4) is 0 Å². The van der Waals surface area contributed by atoms with Crippen LogP contribution in [0.25, 0.3) is 4.98 Å². The molecule has 70 valence electrons. The SMILES string of the molecule is N#[N+]CCS(=O)(=O)[O-].O=[N+]([O-])O. The summed E-state index contributed by atoms with van der Waals surface area (Å²) >= 11 is 0. The summed E-state index contributed by atoms with van der Waals surface area (Å²) in [5.74, 6) is -0.635. The third-order valence-corrected chi connectivity index (χ3v) is 1.12. The van der Waals surface area contributed by atoms with Crippen molar-refractivity contribution < 1.29 is 23.3 Å². The van der Waals surface area contributed by atoms with E-state index in [1.165, 1.54) is 0 Å². The first-order valence-corrected chi connectivity index (χ1v) is 3.95. The summed E-state index contributed by atoms with van der Waals surface area (Å²) in [5.41, 5.74) is 0. The van der Waals surface area contributed by atoms with Gasteiger partial charge in [-0.15, -0.1) is 10.1 Å². The zero-order chi connectivity index (χ0) is 10.2. The van der Waals surface area contributed by atoms with E-state index >= 15 is 0 Å². The van der Waals surface area contributed by atoms with Crippen LogP contribution in [-0.2, 0) is 10.1 Å². The normalized spacial score (nSPS) is 9.00. The monoisotopic (exact) mass is 199 g/mol. The second-order valence-corrected chi connectivity index (χ2v) is 2.89. The molecule has 12 heavy (non-hydrogen) atoms. The molecule has 0 aliphatic carbocycles. The predicted molar refractivity (Wildman–Crippen MR) is 33.3 cm³/mol. The van der Waals surface area contributed by atoms with E-state index in [2.05, 4.69) is 4.98 Å². The maximum Gasteiger partial charge on any atom is 0.318 e. The van der Waals surface area contributed by atoms with Gasteiger partial charge in [-0.25, -0.2) is 8.42 Å². The summed E-state index contributed by atoms with van der Waals surface area (Å²) in [4.78, 5) is 10.8. The number of diazo groups is 1. The van der Waals surface area contributed by atoms with Gasteiger partial charge in [0.25, 0.3) is 5.09 Å². The van der Waals surface area contributed by atoms with Gasteiger partial charge >= 0.3 is 6.54 Å². The van der Waals surface area contributed by atoms with Crippen molar-refractivity contribution in [3.05, 3.63) is 15.1 Å². The van der Waals surface area contributed by atoms with Crippen LogP contribution < -0.4 is 0 Å². The number of hydrogen-bond acceptors (Lipinski definition) is 6. The topological polar surface area (TPSA) is 149 Å². The molecular weight excluding hydrogens is 194 g/mol. The quantitative estimate of drug-likeness (QED) is 0.260. The number of nitrogens with zero attached hydrogens (tertiary/aromatic N) is 3. The van der Waals surface area contributed by atoms with Crippen LogP contribution in [0.5, 0.6) is 0 Å². The van der Waals surface area contributed by atoms with Gasteiger partial charge in [-0.2, -0.15) is 0 Å². The number of hydrogen-bond donors (Lipinski definition) is 1. The molecule has 0 aromatic rings. The van der Waals surface area contributed by atoms with Crippen molar-refractivity contribution in [2.45, 2.75) is 0 Å². The molecule has 0 amide bonds. The zero-order valence-electron chi connectivity index (χ0n) is 5.65. The summed E-state index contributed by atoms with van der Waals surface area (Å²) in [7, 11) is -4.19. The Hall–Kier alpha value is -1.47. The molecule has 0 unspecified atom stereocenters. The molecule has 0 heterocycles. The molecule has 0 aromatic carbocycles. The fraction of sp³-hybridized carbons (Fsp3) is 1.00. The first kappa shape index (κ1) is 13.1. The lowest BCUT2D eigenvalue weighted by Gasteiger charge is -1.96. The van der Waals surface area contributed by atoms with E-state index < -0.39 is 21.0 Å². The zero-order valence-corrected chi connectivity index (χ0v) is 6.47. The van der Waals surface area contributed by atoms with Crippen LogP contribution in [0.15, 0.2) is 0 Å². The number of rotatable bonds is 2.